The number of rotatable bonds is 8. The van der Waals surface area contributed by atoms with Crippen molar-refractivity contribution in [3.63, 3.8) is 0 Å². The highest BCUT2D eigenvalue weighted by Crippen LogP contribution is 2.28. The Morgan fingerprint density at radius 2 is 1.86 bits per heavy atom. The maximum atomic E-state index is 12.5. The minimum atomic E-state index is -0.265. The molecule has 1 heterocycles. The second kappa shape index (κ2) is 9.14. The second-order valence-electron chi connectivity index (χ2n) is 8.67. The van der Waals surface area contributed by atoms with Crippen LogP contribution in [0, 0.1) is 5.41 Å². The molecule has 2 rings (SSSR count). The number of halogens is 1. The average Bonchev–Trinajstić information content (AvgIpc) is 2.94. The largest absolute Gasteiger partial charge is 0.350 e. The van der Waals surface area contributed by atoms with Crippen LogP contribution in [0.3, 0.4) is 0 Å². The molecule has 0 aliphatic heterocycles. The first-order valence-corrected chi connectivity index (χ1v) is 10.6. The summed E-state index contributed by atoms with van der Waals surface area (Å²) < 4.78 is 1.95. The lowest BCUT2D eigenvalue weighted by atomic mass is 9.82. The molecule has 1 aromatic carbocycles. The van der Waals surface area contributed by atoms with Gasteiger partial charge < -0.3 is 5.32 Å². The molecule has 0 atom stereocenters. The van der Waals surface area contributed by atoms with E-state index in [1.54, 1.807) is 6.08 Å². The zero-order valence-corrected chi connectivity index (χ0v) is 18.8. The molecule has 0 unspecified atom stereocenters. The van der Waals surface area contributed by atoms with Gasteiger partial charge in [-0.15, -0.1) is 16.8 Å². The Labute approximate surface area is 177 Å². The van der Waals surface area contributed by atoms with Crippen molar-refractivity contribution in [3.05, 3.63) is 41.9 Å². The molecule has 0 radical (unpaired) electrons. The van der Waals surface area contributed by atoms with Crippen LogP contribution in [0.2, 0.25) is 5.02 Å². The lowest BCUT2D eigenvalue weighted by Crippen LogP contribution is -2.46. The van der Waals surface area contributed by atoms with Crippen LogP contribution in [0.25, 0.3) is 11.4 Å². The standard InChI is InChI=1S/C21H29ClN4OS/c1-7-12-26-18(15-8-10-16(22)11-9-15)24-25-19(26)28-13-17(27)23-21(5,6)14-20(2,3)4/h7-11H,1,12-14H2,2-6H3,(H,23,27). The average molecular weight is 421 g/mol. The molecule has 0 aliphatic rings. The summed E-state index contributed by atoms with van der Waals surface area (Å²) in [5.74, 6) is 0.997. The molecule has 1 amide bonds. The van der Waals surface area contributed by atoms with Gasteiger partial charge in [0, 0.05) is 22.7 Å². The van der Waals surface area contributed by atoms with Crippen molar-refractivity contribution in [2.75, 3.05) is 5.75 Å². The number of allylic oxidation sites excluding steroid dienone is 1. The summed E-state index contributed by atoms with van der Waals surface area (Å²) in [7, 11) is 0. The van der Waals surface area contributed by atoms with Crippen LogP contribution in [0.5, 0.6) is 0 Å². The minimum Gasteiger partial charge on any atom is -0.350 e. The van der Waals surface area contributed by atoms with Gasteiger partial charge in [-0.25, -0.2) is 0 Å². The number of benzene rings is 1. The third-order valence-electron chi connectivity index (χ3n) is 3.91. The van der Waals surface area contributed by atoms with E-state index in [1.807, 2.05) is 28.8 Å². The first-order valence-electron chi connectivity index (χ1n) is 9.25. The molecular weight excluding hydrogens is 392 g/mol. The van der Waals surface area contributed by atoms with Crippen LogP contribution in [-0.2, 0) is 11.3 Å². The Bertz CT molecular complexity index is 822. The van der Waals surface area contributed by atoms with E-state index in [0.717, 1.165) is 17.8 Å². The predicted molar refractivity (Wildman–Crippen MR) is 118 cm³/mol. The summed E-state index contributed by atoms with van der Waals surface area (Å²) in [6.07, 6.45) is 2.68. The molecular formula is C21H29ClN4OS. The summed E-state index contributed by atoms with van der Waals surface area (Å²) >= 11 is 7.35. The monoisotopic (exact) mass is 420 g/mol. The van der Waals surface area contributed by atoms with Gasteiger partial charge in [-0.05, 0) is 49.9 Å². The predicted octanol–water partition coefficient (Wildman–Crippen LogP) is 5.21. The Morgan fingerprint density at radius 1 is 1.21 bits per heavy atom. The molecule has 0 bridgehead atoms. The molecule has 0 spiro atoms. The van der Waals surface area contributed by atoms with Crippen molar-refractivity contribution >= 4 is 29.3 Å². The fourth-order valence-corrected chi connectivity index (χ4v) is 4.29. The minimum absolute atomic E-state index is 0.0135. The van der Waals surface area contributed by atoms with Gasteiger partial charge in [0.1, 0.15) is 0 Å². The summed E-state index contributed by atoms with van der Waals surface area (Å²) in [6, 6.07) is 7.45. The van der Waals surface area contributed by atoms with Crippen molar-refractivity contribution in [1.29, 1.82) is 0 Å². The molecule has 152 valence electrons. The van der Waals surface area contributed by atoms with E-state index in [0.29, 0.717) is 16.7 Å². The van der Waals surface area contributed by atoms with Crippen molar-refractivity contribution in [2.45, 2.75) is 58.3 Å². The third-order valence-corrected chi connectivity index (χ3v) is 5.13. The van der Waals surface area contributed by atoms with E-state index < -0.39 is 0 Å². The number of nitrogens with one attached hydrogen (secondary N) is 1. The van der Waals surface area contributed by atoms with Gasteiger partial charge >= 0.3 is 0 Å². The van der Waals surface area contributed by atoms with Crippen molar-refractivity contribution in [3.8, 4) is 11.4 Å². The number of amides is 1. The number of aromatic nitrogens is 3. The number of thioether (sulfide) groups is 1. The molecule has 1 aromatic heterocycles. The quantitative estimate of drug-likeness (QED) is 0.470. The van der Waals surface area contributed by atoms with Gasteiger partial charge in [0.05, 0.1) is 5.75 Å². The molecule has 28 heavy (non-hydrogen) atoms. The SMILES string of the molecule is C=CCn1c(SCC(=O)NC(C)(C)CC(C)(C)C)nnc1-c1ccc(Cl)cc1. The lowest BCUT2D eigenvalue weighted by molar-refractivity contribution is -0.120. The summed E-state index contributed by atoms with van der Waals surface area (Å²) in [5.41, 5.74) is 0.794. The second-order valence-corrected chi connectivity index (χ2v) is 10.0. The smallest absolute Gasteiger partial charge is 0.230 e. The molecule has 0 saturated carbocycles. The topological polar surface area (TPSA) is 59.8 Å². The summed E-state index contributed by atoms with van der Waals surface area (Å²) in [5, 5.41) is 13.1. The van der Waals surface area contributed by atoms with Crippen LogP contribution in [0.4, 0.5) is 0 Å². The van der Waals surface area contributed by atoms with E-state index in [4.69, 9.17) is 11.6 Å². The Kier molecular flexibility index (Phi) is 7.34. The maximum Gasteiger partial charge on any atom is 0.230 e. The molecule has 0 aliphatic carbocycles. The van der Waals surface area contributed by atoms with Crippen LogP contribution >= 0.6 is 23.4 Å². The number of hydrogen-bond donors (Lipinski definition) is 1. The highest BCUT2D eigenvalue weighted by Gasteiger charge is 2.27. The fourth-order valence-electron chi connectivity index (χ4n) is 3.42. The van der Waals surface area contributed by atoms with E-state index in [2.05, 4.69) is 56.7 Å². The van der Waals surface area contributed by atoms with Crippen LogP contribution < -0.4 is 5.32 Å². The molecule has 2 aromatic rings. The van der Waals surface area contributed by atoms with E-state index in [9.17, 15) is 4.79 Å². The molecule has 0 saturated heterocycles. The fraction of sp³-hybridized carbons (Fsp3) is 0.476. The summed E-state index contributed by atoms with van der Waals surface area (Å²) in [6.45, 7) is 15.0. The highest BCUT2D eigenvalue weighted by atomic mass is 35.5. The highest BCUT2D eigenvalue weighted by molar-refractivity contribution is 7.99. The first kappa shape index (κ1) is 22.5. The van der Waals surface area contributed by atoms with Crippen molar-refractivity contribution in [2.24, 2.45) is 5.41 Å². The van der Waals surface area contributed by atoms with Crippen LogP contribution in [0.1, 0.15) is 41.0 Å². The van der Waals surface area contributed by atoms with Crippen molar-refractivity contribution < 1.29 is 4.79 Å². The first-order chi connectivity index (χ1) is 13.0. The Morgan fingerprint density at radius 3 is 2.43 bits per heavy atom. The van der Waals surface area contributed by atoms with Gasteiger partial charge in [0.15, 0.2) is 11.0 Å². The van der Waals surface area contributed by atoms with Gasteiger partial charge in [-0.2, -0.15) is 0 Å². The van der Waals surface area contributed by atoms with E-state index >= 15 is 0 Å². The van der Waals surface area contributed by atoms with Gasteiger partial charge in [-0.1, -0.05) is 50.2 Å². The normalized spacial score (nSPS) is 12.1. The number of nitrogens with zero attached hydrogens (tertiary/aromatic N) is 3. The maximum absolute atomic E-state index is 12.5. The van der Waals surface area contributed by atoms with Gasteiger partial charge in [0.2, 0.25) is 5.91 Å². The molecule has 5 nitrogen and oxygen atoms in total. The van der Waals surface area contributed by atoms with E-state index in [-0.39, 0.29) is 22.6 Å². The Balaban J connectivity index is 2.09. The van der Waals surface area contributed by atoms with Crippen LogP contribution in [-0.4, -0.2) is 32.0 Å². The third kappa shape index (κ3) is 6.67. The molecule has 1 N–H and O–H groups in total. The lowest BCUT2D eigenvalue weighted by Gasteiger charge is -2.33. The zero-order valence-electron chi connectivity index (χ0n) is 17.3. The molecule has 0 fully saturated rings. The summed E-state index contributed by atoms with van der Waals surface area (Å²) in [4.78, 5) is 12.5. The Hall–Kier alpha value is -1.79. The van der Waals surface area contributed by atoms with Crippen molar-refractivity contribution in [1.82, 2.24) is 20.1 Å². The zero-order chi connectivity index (χ0) is 20.9. The van der Waals surface area contributed by atoms with Gasteiger partial charge in [0.25, 0.3) is 0 Å². The number of hydrogen-bond acceptors (Lipinski definition) is 4. The van der Waals surface area contributed by atoms with E-state index in [1.165, 1.54) is 11.8 Å². The number of carbonyl (C=O) groups is 1. The molecule has 7 heteroatoms. The van der Waals surface area contributed by atoms with Crippen LogP contribution in [0.15, 0.2) is 42.1 Å². The van der Waals surface area contributed by atoms with Gasteiger partial charge in [-0.3, -0.25) is 9.36 Å². The number of carbonyl (C=O) groups excluding carboxylic acids is 1.